The Kier molecular flexibility index (Phi) is 8.12. The fraction of sp³-hybridized carbons (Fsp3) is 0.543. The van der Waals surface area contributed by atoms with Crippen LogP contribution in [0.2, 0.25) is 0 Å². The standard InChI is InChI=1S/C35H48N10O2/c1-34(2,3)29-21-31(43(6)40-29)37-32(46)36-27-12-13-28(26-10-8-7-9-25(26)27)47-24-11-14-30-38-39-33(45(30)22-24)44-17-15-35(16-18-44)23-41(4)19-20-42(35)5/h7-11,14,21-22,27-28H,12-13,15-20,23H2,1-6H3,(H2,36,37,46)/t27-,28+/m0/s1. The molecular formula is C35H48N10O2. The largest absolute Gasteiger partial charge is 0.484 e. The summed E-state index contributed by atoms with van der Waals surface area (Å²) >= 11 is 0. The molecule has 0 radical (unpaired) electrons. The first-order valence-electron chi connectivity index (χ1n) is 16.9. The second-order valence-electron chi connectivity index (χ2n) is 14.7. The monoisotopic (exact) mass is 640 g/mol. The second-order valence-corrected chi connectivity index (χ2v) is 14.7. The third kappa shape index (κ3) is 6.16. The van der Waals surface area contributed by atoms with Crippen LogP contribution in [0.1, 0.15) is 75.4 Å². The lowest BCUT2D eigenvalue weighted by atomic mass is 9.84. The minimum absolute atomic E-state index is 0.105. The van der Waals surface area contributed by atoms with Gasteiger partial charge in [-0.2, -0.15) is 5.10 Å². The molecule has 1 aromatic carbocycles. The molecule has 250 valence electrons. The predicted octanol–water partition coefficient (Wildman–Crippen LogP) is 4.75. The zero-order valence-corrected chi connectivity index (χ0v) is 28.5. The fourth-order valence-corrected chi connectivity index (χ4v) is 7.52. The van der Waals surface area contributed by atoms with Gasteiger partial charge in [0.05, 0.1) is 17.9 Å². The number of anilines is 2. The summed E-state index contributed by atoms with van der Waals surface area (Å²) in [6.07, 6.45) is 5.62. The quantitative estimate of drug-likeness (QED) is 0.322. The van der Waals surface area contributed by atoms with Crippen LogP contribution in [-0.4, -0.2) is 92.6 Å². The summed E-state index contributed by atoms with van der Waals surface area (Å²) < 4.78 is 10.5. The Morgan fingerprint density at radius 1 is 0.957 bits per heavy atom. The Bertz CT molecular complexity index is 1750. The molecule has 0 bridgehead atoms. The molecule has 0 unspecified atom stereocenters. The van der Waals surface area contributed by atoms with E-state index in [-0.39, 0.29) is 29.1 Å². The lowest BCUT2D eigenvalue weighted by Crippen LogP contribution is -2.63. The number of urea groups is 1. The predicted molar refractivity (Wildman–Crippen MR) is 183 cm³/mol. The molecule has 2 atom stereocenters. The summed E-state index contributed by atoms with van der Waals surface area (Å²) in [6, 6.07) is 13.8. The number of likely N-dealkylation sites (N-methyl/N-ethyl adjacent to an activating group) is 2. The molecule has 7 rings (SSSR count). The summed E-state index contributed by atoms with van der Waals surface area (Å²) in [6.45, 7) is 11.6. The number of piperidine rings is 1. The van der Waals surface area contributed by atoms with E-state index in [1.54, 1.807) is 4.68 Å². The Labute approximate surface area is 277 Å². The lowest BCUT2D eigenvalue weighted by molar-refractivity contribution is 0.00926. The van der Waals surface area contributed by atoms with Crippen LogP contribution in [-0.2, 0) is 12.5 Å². The van der Waals surface area contributed by atoms with Crippen LogP contribution in [0.3, 0.4) is 0 Å². The Morgan fingerprint density at radius 2 is 1.72 bits per heavy atom. The molecule has 12 nitrogen and oxygen atoms in total. The average Bonchev–Trinajstić information content (AvgIpc) is 3.64. The van der Waals surface area contributed by atoms with Crippen molar-refractivity contribution in [2.45, 2.75) is 69.6 Å². The van der Waals surface area contributed by atoms with Gasteiger partial charge < -0.3 is 19.9 Å². The number of fused-ring (bicyclic) bond motifs is 2. The zero-order valence-electron chi connectivity index (χ0n) is 28.5. The van der Waals surface area contributed by atoms with Crippen LogP contribution in [0, 0.1) is 0 Å². The maximum atomic E-state index is 13.1. The van der Waals surface area contributed by atoms with Crippen molar-refractivity contribution in [2.24, 2.45) is 7.05 Å². The van der Waals surface area contributed by atoms with Crippen molar-refractivity contribution in [2.75, 3.05) is 57.0 Å². The van der Waals surface area contributed by atoms with Crippen molar-refractivity contribution in [3.8, 4) is 5.75 Å². The number of benzene rings is 1. The molecule has 5 heterocycles. The molecule has 12 heteroatoms. The third-order valence-electron chi connectivity index (χ3n) is 10.4. The van der Waals surface area contributed by atoms with Gasteiger partial charge in [-0.05, 0) is 63.0 Å². The first kappa shape index (κ1) is 31.4. The lowest BCUT2D eigenvalue weighted by Gasteiger charge is -2.52. The van der Waals surface area contributed by atoms with Gasteiger partial charge in [0.25, 0.3) is 0 Å². The van der Waals surface area contributed by atoms with Gasteiger partial charge >= 0.3 is 6.03 Å². The number of amides is 2. The number of nitrogens with zero attached hydrogens (tertiary/aromatic N) is 8. The van der Waals surface area contributed by atoms with E-state index >= 15 is 0 Å². The molecule has 2 amide bonds. The molecule has 1 aliphatic carbocycles. The minimum atomic E-state index is -0.246. The van der Waals surface area contributed by atoms with Crippen molar-refractivity contribution in [3.63, 3.8) is 0 Å². The van der Waals surface area contributed by atoms with Crippen LogP contribution in [0.25, 0.3) is 5.65 Å². The highest BCUT2D eigenvalue weighted by Crippen LogP contribution is 2.39. The van der Waals surface area contributed by atoms with Gasteiger partial charge in [0.2, 0.25) is 5.95 Å². The van der Waals surface area contributed by atoms with Crippen molar-refractivity contribution < 1.29 is 9.53 Å². The van der Waals surface area contributed by atoms with E-state index in [4.69, 9.17) is 4.74 Å². The number of piperazine rings is 1. The summed E-state index contributed by atoms with van der Waals surface area (Å²) in [7, 11) is 6.36. The van der Waals surface area contributed by atoms with Gasteiger partial charge in [-0.3, -0.25) is 19.3 Å². The third-order valence-corrected chi connectivity index (χ3v) is 10.4. The number of hydrogen-bond donors (Lipinski definition) is 2. The minimum Gasteiger partial charge on any atom is -0.484 e. The van der Waals surface area contributed by atoms with Gasteiger partial charge in [0, 0.05) is 56.8 Å². The number of rotatable bonds is 5. The number of aryl methyl sites for hydroxylation is 1. The first-order valence-corrected chi connectivity index (χ1v) is 16.9. The molecule has 2 fully saturated rings. The van der Waals surface area contributed by atoms with E-state index in [2.05, 4.69) is 92.0 Å². The normalized spacial score (nSPS) is 22.0. The highest BCUT2D eigenvalue weighted by Gasteiger charge is 2.42. The highest BCUT2D eigenvalue weighted by atomic mass is 16.5. The average molecular weight is 641 g/mol. The van der Waals surface area contributed by atoms with E-state index in [0.717, 1.165) is 92.6 Å². The molecule has 3 aromatic heterocycles. The number of aromatic nitrogens is 5. The number of ether oxygens (including phenoxy) is 1. The second kappa shape index (κ2) is 12.1. The molecule has 2 saturated heterocycles. The summed E-state index contributed by atoms with van der Waals surface area (Å²) in [5.74, 6) is 2.31. The fourth-order valence-electron chi connectivity index (χ4n) is 7.52. The zero-order chi connectivity index (χ0) is 32.9. The van der Waals surface area contributed by atoms with E-state index in [1.807, 2.05) is 43.6 Å². The Morgan fingerprint density at radius 3 is 2.47 bits per heavy atom. The Hall–Kier alpha value is -4.16. The maximum Gasteiger partial charge on any atom is 0.320 e. The van der Waals surface area contributed by atoms with Crippen LogP contribution in [0.15, 0.2) is 48.7 Å². The molecule has 0 saturated carbocycles. The molecule has 2 aliphatic heterocycles. The number of pyridine rings is 1. The van der Waals surface area contributed by atoms with E-state index in [0.29, 0.717) is 5.82 Å². The summed E-state index contributed by atoms with van der Waals surface area (Å²) in [5, 5.41) is 19.9. The van der Waals surface area contributed by atoms with Crippen molar-refractivity contribution >= 4 is 23.4 Å². The first-order chi connectivity index (χ1) is 22.5. The molecule has 1 spiro atoms. The summed E-state index contributed by atoms with van der Waals surface area (Å²) in [5.41, 5.74) is 4.03. The smallest absolute Gasteiger partial charge is 0.320 e. The number of nitrogens with one attached hydrogen (secondary N) is 2. The van der Waals surface area contributed by atoms with Gasteiger partial charge in [0.1, 0.15) is 17.7 Å². The van der Waals surface area contributed by atoms with Crippen molar-refractivity contribution in [3.05, 3.63) is 65.5 Å². The van der Waals surface area contributed by atoms with Crippen LogP contribution in [0.5, 0.6) is 5.75 Å². The molecule has 4 aromatic rings. The van der Waals surface area contributed by atoms with Crippen LogP contribution < -0.4 is 20.3 Å². The number of carbonyl (C=O) groups is 1. The maximum absolute atomic E-state index is 13.1. The molecule has 47 heavy (non-hydrogen) atoms. The number of carbonyl (C=O) groups excluding carboxylic acids is 1. The SMILES string of the molecule is CN1CCN(C)C2(CCN(c3nnc4ccc(O[C@@H]5CC[C@H](NC(=O)Nc6cc(C(C)(C)C)nn6C)c6ccccc65)cn34)CC2)C1. The highest BCUT2D eigenvalue weighted by molar-refractivity contribution is 5.88. The topological polar surface area (TPSA) is 108 Å². The van der Waals surface area contributed by atoms with Crippen LogP contribution in [0.4, 0.5) is 16.6 Å². The Balaban J connectivity index is 1.04. The van der Waals surface area contributed by atoms with Gasteiger partial charge in [0.15, 0.2) is 5.65 Å². The van der Waals surface area contributed by atoms with Gasteiger partial charge in [-0.25, -0.2) is 4.79 Å². The van der Waals surface area contributed by atoms with Gasteiger partial charge in [-0.15, -0.1) is 10.2 Å². The molecule has 2 N–H and O–H groups in total. The summed E-state index contributed by atoms with van der Waals surface area (Å²) in [4.78, 5) is 20.5. The van der Waals surface area contributed by atoms with E-state index in [9.17, 15) is 4.79 Å². The molecule has 3 aliphatic rings. The van der Waals surface area contributed by atoms with Crippen LogP contribution >= 0.6 is 0 Å². The van der Waals surface area contributed by atoms with Gasteiger partial charge in [-0.1, -0.05) is 45.0 Å². The van der Waals surface area contributed by atoms with Crippen molar-refractivity contribution in [1.82, 2.24) is 39.5 Å². The van der Waals surface area contributed by atoms with E-state index in [1.165, 1.54) is 0 Å². The van der Waals surface area contributed by atoms with E-state index < -0.39 is 0 Å². The number of hydrogen-bond acceptors (Lipinski definition) is 8. The van der Waals surface area contributed by atoms with Crippen molar-refractivity contribution in [1.29, 1.82) is 0 Å². The molecular weight excluding hydrogens is 592 g/mol.